The lowest BCUT2D eigenvalue weighted by atomic mass is 10.2. The number of hydrogen-bond donors (Lipinski definition) is 0. The molecule has 0 aromatic rings. The van der Waals surface area contributed by atoms with Crippen LogP contribution < -0.4 is 0 Å². The quantitative estimate of drug-likeness (QED) is 0.715. The maximum atomic E-state index is 13.8. The molecule has 7 heteroatoms. The first-order valence-electron chi connectivity index (χ1n) is 8.33. The molecule has 0 bridgehead atoms. The average Bonchev–Trinajstić information content (AvgIpc) is 2.83. The highest BCUT2D eigenvalue weighted by Gasteiger charge is 2.33. The number of nitrogens with zero attached hydrogens (tertiary/aromatic N) is 1. The van der Waals surface area contributed by atoms with E-state index in [1.807, 2.05) is 0 Å². The zero-order chi connectivity index (χ0) is 18.5. The lowest BCUT2D eigenvalue weighted by Crippen LogP contribution is -2.42. The number of esters is 1. The molecule has 0 aromatic carbocycles. The molecule has 2 atom stereocenters. The standard InChI is InChI=1S/C17H30FNO5/c1-16(2,3)23-14(20)13(18)11-22-10-12-8-7-9-19(12)15(21)24-17(4,5)6/h12-13H,7-11H2,1-6H3/t12-,13?/m0/s1. The Hall–Kier alpha value is -1.37. The van der Waals surface area contributed by atoms with Crippen molar-refractivity contribution in [1.29, 1.82) is 0 Å². The number of amides is 1. The minimum absolute atomic E-state index is 0.161. The van der Waals surface area contributed by atoms with Gasteiger partial charge >= 0.3 is 12.1 Å². The number of rotatable bonds is 5. The van der Waals surface area contributed by atoms with Crippen molar-refractivity contribution in [2.45, 2.75) is 77.8 Å². The molecular formula is C17H30FNO5. The molecule has 1 unspecified atom stereocenters. The highest BCUT2D eigenvalue weighted by molar-refractivity contribution is 5.75. The highest BCUT2D eigenvalue weighted by atomic mass is 19.1. The summed E-state index contributed by atoms with van der Waals surface area (Å²) in [5.41, 5.74) is -1.30. The predicted molar refractivity (Wildman–Crippen MR) is 87.5 cm³/mol. The van der Waals surface area contributed by atoms with Crippen molar-refractivity contribution in [2.75, 3.05) is 19.8 Å². The second-order valence-electron chi connectivity index (χ2n) is 8.01. The van der Waals surface area contributed by atoms with Gasteiger partial charge in [0, 0.05) is 6.54 Å². The van der Waals surface area contributed by atoms with E-state index in [0.29, 0.717) is 6.54 Å². The van der Waals surface area contributed by atoms with Crippen LogP contribution in [0, 0.1) is 0 Å². The Morgan fingerprint density at radius 3 is 2.25 bits per heavy atom. The first-order valence-corrected chi connectivity index (χ1v) is 8.33. The van der Waals surface area contributed by atoms with Crippen molar-refractivity contribution in [2.24, 2.45) is 0 Å². The van der Waals surface area contributed by atoms with Gasteiger partial charge in [-0.15, -0.1) is 0 Å². The van der Waals surface area contributed by atoms with Crippen LogP contribution in [0.4, 0.5) is 9.18 Å². The Kier molecular flexibility index (Phi) is 7.01. The van der Waals surface area contributed by atoms with Gasteiger partial charge in [0.05, 0.1) is 19.3 Å². The van der Waals surface area contributed by atoms with Crippen molar-refractivity contribution in [3.63, 3.8) is 0 Å². The normalized spacial score (nSPS) is 20.0. The Labute approximate surface area is 143 Å². The average molecular weight is 347 g/mol. The number of hydrogen-bond acceptors (Lipinski definition) is 5. The van der Waals surface area contributed by atoms with Crippen LogP contribution in [-0.2, 0) is 19.0 Å². The molecule has 1 heterocycles. The van der Waals surface area contributed by atoms with E-state index in [2.05, 4.69) is 0 Å². The summed E-state index contributed by atoms with van der Waals surface area (Å²) >= 11 is 0. The highest BCUT2D eigenvalue weighted by Crippen LogP contribution is 2.21. The molecule has 0 aliphatic carbocycles. The summed E-state index contributed by atoms with van der Waals surface area (Å²) in [7, 11) is 0. The van der Waals surface area contributed by atoms with Gasteiger partial charge in [0.1, 0.15) is 11.2 Å². The molecule has 0 radical (unpaired) electrons. The minimum Gasteiger partial charge on any atom is -0.458 e. The van der Waals surface area contributed by atoms with Crippen LogP contribution in [0.1, 0.15) is 54.4 Å². The van der Waals surface area contributed by atoms with E-state index in [4.69, 9.17) is 14.2 Å². The first kappa shape index (κ1) is 20.7. The summed E-state index contributed by atoms with van der Waals surface area (Å²) < 4.78 is 29.4. The van der Waals surface area contributed by atoms with Gasteiger partial charge in [-0.25, -0.2) is 14.0 Å². The molecule has 1 aliphatic heterocycles. The van der Waals surface area contributed by atoms with E-state index < -0.39 is 29.4 Å². The molecule has 1 amide bonds. The number of ether oxygens (including phenoxy) is 3. The number of likely N-dealkylation sites (tertiary alicyclic amines) is 1. The third kappa shape index (κ3) is 7.47. The van der Waals surface area contributed by atoms with Gasteiger partial charge in [0.2, 0.25) is 6.17 Å². The summed E-state index contributed by atoms with van der Waals surface area (Å²) in [6.45, 7) is 10.8. The number of carbonyl (C=O) groups is 2. The first-order chi connectivity index (χ1) is 10.9. The SMILES string of the molecule is CC(C)(C)OC(=O)C(F)COC[C@@H]1CCCN1C(=O)OC(C)(C)C. The Bertz CT molecular complexity index is 441. The zero-order valence-electron chi connectivity index (χ0n) is 15.6. The smallest absolute Gasteiger partial charge is 0.410 e. The molecule has 1 fully saturated rings. The molecular weight excluding hydrogens is 317 g/mol. The molecule has 0 N–H and O–H groups in total. The Morgan fingerprint density at radius 1 is 1.12 bits per heavy atom. The summed E-state index contributed by atoms with van der Waals surface area (Å²) in [5, 5.41) is 0. The second-order valence-corrected chi connectivity index (χ2v) is 8.01. The maximum Gasteiger partial charge on any atom is 0.410 e. The van der Waals surface area contributed by atoms with Crippen molar-refractivity contribution < 1.29 is 28.2 Å². The number of carbonyl (C=O) groups excluding carboxylic acids is 2. The number of halogens is 1. The van der Waals surface area contributed by atoms with Crippen LogP contribution in [0.2, 0.25) is 0 Å². The molecule has 0 saturated carbocycles. The van der Waals surface area contributed by atoms with Crippen molar-refractivity contribution in [3.8, 4) is 0 Å². The van der Waals surface area contributed by atoms with Gasteiger partial charge in [-0.3, -0.25) is 0 Å². The molecule has 6 nitrogen and oxygen atoms in total. The molecule has 1 rings (SSSR count). The van der Waals surface area contributed by atoms with Crippen LogP contribution in [0.25, 0.3) is 0 Å². The van der Waals surface area contributed by atoms with Gasteiger partial charge in [-0.2, -0.15) is 0 Å². The summed E-state index contributed by atoms with van der Waals surface area (Å²) in [5.74, 6) is -0.932. The van der Waals surface area contributed by atoms with Gasteiger partial charge in [0.15, 0.2) is 0 Å². The topological polar surface area (TPSA) is 65.1 Å². The molecule has 140 valence electrons. The van der Waals surface area contributed by atoms with Crippen molar-refractivity contribution in [1.82, 2.24) is 4.90 Å². The van der Waals surface area contributed by atoms with Crippen LogP contribution in [0.3, 0.4) is 0 Å². The van der Waals surface area contributed by atoms with Gasteiger partial charge in [-0.1, -0.05) is 0 Å². The lowest BCUT2D eigenvalue weighted by molar-refractivity contribution is -0.163. The Morgan fingerprint density at radius 2 is 1.71 bits per heavy atom. The largest absolute Gasteiger partial charge is 0.458 e. The van der Waals surface area contributed by atoms with Crippen molar-refractivity contribution in [3.05, 3.63) is 0 Å². The van der Waals surface area contributed by atoms with E-state index in [1.165, 1.54) is 0 Å². The van der Waals surface area contributed by atoms with Gasteiger partial charge in [-0.05, 0) is 54.4 Å². The molecule has 1 saturated heterocycles. The zero-order valence-corrected chi connectivity index (χ0v) is 15.6. The maximum absolute atomic E-state index is 13.8. The molecule has 0 spiro atoms. The third-order valence-corrected chi connectivity index (χ3v) is 3.24. The van der Waals surface area contributed by atoms with Crippen LogP contribution in [-0.4, -0.2) is 60.1 Å². The van der Waals surface area contributed by atoms with Gasteiger partial charge in [0.25, 0.3) is 0 Å². The van der Waals surface area contributed by atoms with Crippen LogP contribution in [0.15, 0.2) is 0 Å². The fourth-order valence-corrected chi connectivity index (χ4v) is 2.31. The lowest BCUT2D eigenvalue weighted by Gasteiger charge is -2.28. The van der Waals surface area contributed by atoms with Gasteiger partial charge < -0.3 is 19.1 Å². The predicted octanol–water partition coefficient (Wildman–Crippen LogP) is 3.08. The fraction of sp³-hybridized carbons (Fsp3) is 0.882. The van der Waals surface area contributed by atoms with Crippen LogP contribution >= 0.6 is 0 Å². The second kappa shape index (κ2) is 8.14. The molecule has 24 heavy (non-hydrogen) atoms. The summed E-state index contributed by atoms with van der Waals surface area (Å²) in [6.07, 6.45) is -0.612. The van der Waals surface area contributed by atoms with E-state index >= 15 is 0 Å². The van der Waals surface area contributed by atoms with E-state index in [1.54, 1.807) is 46.4 Å². The van der Waals surface area contributed by atoms with E-state index in [-0.39, 0.29) is 19.3 Å². The van der Waals surface area contributed by atoms with E-state index in [9.17, 15) is 14.0 Å². The summed E-state index contributed by atoms with van der Waals surface area (Å²) in [4.78, 5) is 25.3. The monoisotopic (exact) mass is 347 g/mol. The van der Waals surface area contributed by atoms with E-state index in [0.717, 1.165) is 12.8 Å². The summed E-state index contributed by atoms with van der Waals surface area (Å²) in [6, 6.07) is -0.161. The molecule has 0 aromatic heterocycles. The van der Waals surface area contributed by atoms with Crippen molar-refractivity contribution >= 4 is 12.1 Å². The number of alkyl halides is 1. The fourth-order valence-electron chi connectivity index (χ4n) is 2.31. The van der Waals surface area contributed by atoms with Crippen LogP contribution in [0.5, 0.6) is 0 Å². The molecule has 1 aliphatic rings. The minimum atomic E-state index is -1.83. The Balaban J connectivity index is 2.41. The third-order valence-electron chi connectivity index (χ3n) is 3.24.